The second kappa shape index (κ2) is 6.69. The molecule has 0 aromatic heterocycles. The van der Waals surface area contributed by atoms with Gasteiger partial charge in [0.05, 0.1) is 11.8 Å². The second-order valence-corrected chi connectivity index (χ2v) is 6.82. The van der Waals surface area contributed by atoms with E-state index in [1.165, 1.54) is 18.6 Å². The lowest BCUT2D eigenvalue weighted by Gasteiger charge is -2.31. The number of hydrogen-bond acceptors (Lipinski definition) is 2. The highest BCUT2D eigenvalue weighted by molar-refractivity contribution is 5.92. The molecule has 5 heteroatoms. The number of carbonyl (C=O) groups excluding carboxylic acids is 2. The van der Waals surface area contributed by atoms with Gasteiger partial charge in [0.2, 0.25) is 11.8 Å². The van der Waals surface area contributed by atoms with Gasteiger partial charge in [-0.25, -0.2) is 4.39 Å². The first-order valence-corrected chi connectivity index (χ1v) is 8.35. The Bertz CT molecular complexity index is 587. The topological polar surface area (TPSA) is 49.4 Å². The molecule has 124 valence electrons. The zero-order chi connectivity index (χ0) is 16.4. The van der Waals surface area contributed by atoms with Gasteiger partial charge in [-0.2, -0.15) is 0 Å². The lowest BCUT2D eigenvalue weighted by molar-refractivity contribution is -0.136. The van der Waals surface area contributed by atoms with E-state index in [2.05, 4.69) is 12.2 Å². The van der Waals surface area contributed by atoms with E-state index in [0.717, 1.165) is 25.1 Å². The summed E-state index contributed by atoms with van der Waals surface area (Å²) in [6, 6.07) is 6.06. The van der Waals surface area contributed by atoms with Crippen molar-refractivity contribution in [3.05, 3.63) is 35.6 Å². The minimum Gasteiger partial charge on any atom is -0.352 e. The lowest BCUT2D eigenvalue weighted by Crippen LogP contribution is -2.40. The van der Waals surface area contributed by atoms with Crippen LogP contribution in [0.1, 0.15) is 31.7 Å². The fraction of sp³-hybridized carbons (Fsp3) is 0.556. The Kier molecular flexibility index (Phi) is 4.64. The Morgan fingerprint density at radius 1 is 1.26 bits per heavy atom. The van der Waals surface area contributed by atoms with Gasteiger partial charge >= 0.3 is 0 Å². The first-order valence-electron chi connectivity index (χ1n) is 8.35. The summed E-state index contributed by atoms with van der Waals surface area (Å²) >= 11 is 0. The Morgan fingerprint density at radius 3 is 2.70 bits per heavy atom. The molecular weight excluding hydrogens is 295 g/mol. The number of benzene rings is 1. The maximum atomic E-state index is 12.8. The molecule has 1 saturated heterocycles. The first kappa shape index (κ1) is 16.0. The fourth-order valence-corrected chi connectivity index (χ4v) is 3.30. The van der Waals surface area contributed by atoms with Crippen LogP contribution in [0, 0.1) is 23.6 Å². The maximum Gasteiger partial charge on any atom is 0.226 e. The van der Waals surface area contributed by atoms with Crippen LogP contribution in [0.3, 0.4) is 0 Å². The van der Waals surface area contributed by atoms with Crippen molar-refractivity contribution >= 4 is 11.8 Å². The monoisotopic (exact) mass is 318 g/mol. The lowest BCUT2D eigenvalue weighted by atomic mass is 10.00. The second-order valence-electron chi connectivity index (χ2n) is 6.82. The Labute approximate surface area is 136 Å². The summed E-state index contributed by atoms with van der Waals surface area (Å²) in [6.07, 6.45) is 2.88. The zero-order valence-electron chi connectivity index (χ0n) is 13.4. The zero-order valence-corrected chi connectivity index (χ0v) is 13.4. The van der Waals surface area contributed by atoms with Crippen molar-refractivity contribution < 1.29 is 14.0 Å². The number of halogens is 1. The average molecular weight is 318 g/mol. The number of piperidine rings is 1. The maximum absolute atomic E-state index is 12.8. The van der Waals surface area contributed by atoms with Crippen LogP contribution in [0.15, 0.2) is 24.3 Å². The molecule has 0 spiro atoms. The summed E-state index contributed by atoms with van der Waals surface area (Å²) in [5.41, 5.74) is 0.855. The van der Waals surface area contributed by atoms with E-state index in [1.807, 2.05) is 4.90 Å². The molecule has 1 aliphatic carbocycles. The highest BCUT2D eigenvalue weighted by Crippen LogP contribution is 2.40. The van der Waals surface area contributed by atoms with E-state index < -0.39 is 0 Å². The third-order valence-corrected chi connectivity index (χ3v) is 4.79. The van der Waals surface area contributed by atoms with Crippen LogP contribution in [-0.2, 0) is 16.1 Å². The molecule has 4 nitrogen and oxygen atoms in total. The minimum atomic E-state index is -0.288. The number of rotatable bonds is 4. The molecule has 1 aromatic rings. The van der Waals surface area contributed by atoms with Crippen LogP contribution in [-0.4, -0.2) is 29.8 Å². The molecule has 0 radical (unpaired) electrons. The Morgan fingerprint density at radius 2 is 2.00 bits per heavy atom. The number of hydrogen-bond donors (Lipinski definition) is 1. The number of likely N-dealkylation sites (tertiary alicyclic amines) is 1. The highest BCUT2D eigenvalue weighted by atomic mass is 19.1. The molecule has 1 saturated carbocycles. The van der Waals surface area contributed by atoms with Crippen molar-refractivity contribution in [3.8, 4) is 0 Å². The third kappa shape index (κ3) is 3.89. The van der Waals surface area contributed by atoms with Crippen molar-refractivity contribution in [1.82, 2.24) is 10.2 Å². The molecule has 1 aliphatic heterocycles. The van der Waals surface area contributed by atoms with Gasteiger partial charge in [0, 0.05) is 19.6 Å². The largest absolute Gasteiger partial charge is 0.352 e. The molecule has 3 unspecified atom stereocenters. The minimum absolute atomic E-state index is 0.0715. The summed E-state index contributed by atoms with van der Waals surface area (Å²) in [5.74, 6) is -0.00851. The quantitative estimate of drug-likeness (QED) is 0.926. The van der Waals surface area contributed by atoms with Gasteiger partial charge in [0.25, 0.3) is 0 Å². The smallest absolute Gasteiger partial charge is 0.226 e. The number of amides is 2. The summed E-state index contributed by atoms with van der Waals surface area (Å²) in [7, 11) is 0. The number of nitrogens with zero attached hydrogens (tertiary/aromatic N) is 1. The number of nitrogens with one attached hydrogen (secondary N) is 1. The molecule has 23 heavy (non-hydrogen) atoms. The van der Waals surface area contributed by atoms with Crippen molar-refractivity contribution in [1.29, 1.82) is 0 Å². The van der Waals surface area contributed by atoms with Crippen molar-refractivity contribution in [2.24, 2.45) is 17.8 Å². The van der Waals surface area contributed by atoms with Crippen LogP contribution in [0.4, 0.5) is 4.39 Å². The molecule has 2 fully saturated rings. The summed E-state index contributed by atoms with van der Waals surface area (Å²) < 4.78 is 12.8. The molecule has 3 rings (SSSR count). The molecule has 2 amide bonds. The summed E-state index contributed by atoms with van der Waals surface area (Å²) in [5, 5.41) is 2.84. The van der Waals surface area contributed by atoms with Gasteiger partial charge in [-0.05, 0) is 42.9 Å². The van der Waals surface area contributed by atoms with Crippen molar-refractivity contribution in [2.45, 2.75) is 32.7 Å². The van der Waals surface area contributed by atoms with Crippen molar-refractivity contribution in [3.63, 3.8) is 0 Å². The van der Waals surface area contributed by atoms with E-state index >= 15 is 0 Å². The first-order chi connectivity index (χ1) is 11.0. The SMILES string of the molecule is CC1CCCN(C(=O)C2CC2C(=O)NCc2ccc(F)cc2)C1. The third-order valence-electron chi connectivity index (χ3n) is 4.79. The van der Waals surface area contributed by atoms with Crippen LogP contribution in [0.25, 0.3) is 0 Å². The predicted molar refractivity (Wildman–Crippen MR) is 84.8 cm³/mol. The van der Waals surface area contributed by atoms with Gasteiger partial charge in [-0.1, -0.05) is 19.1 Å². The van der Waals surface area contributed by atoms with Gasteiger partial charge in [0.15, 0.2) is 0 Å². The molecule has 1 N–H and O–H groups in total. The van der Waals surface area contributed by atoms with Gasteiger partial charge in [-0.3, -0.25) is 9.59 Å². The average Bonchev–Trinajstić information content (AvgIpc) is 3.34. The fourth-order valence-electron chi connectivity index (χ4n) is 3.30. The molecule has 2 aliphatic rings. The Balaban J connectivity index is 1.46. The van der Waals surface area contributed by atoms with E-state index in [0.29, 0.717) is 18.9 Å². The number of carbonyl (C=O) groups is 2. The van der Waals surface area contributed by atoms with E-state index in [-0.39, 0.29) is 29.5 Å². The van der Waals surface area contributed by atoms with Crippen LogP contribution < -0.4 is 5.32 Å². The molecule has 0 bridgehead atoms. The van der Waals surface area contributed by atoms with Crippen LogP contribution >= 0.6 is 0 Å². The predicted octanol–water partition coefficient (Wildman–Crippen LogP) is 2.34. The summed E-state index contributed by atoms with van der Waals surface area (Å²) in [6.45, 7) is 4.18. The standard InChI is InChI=1S/C18H23FN2O2/c1-12-3-2-8-21(11-12)18(23)16-9-15(16)17(22)20-10-13-4-6-14(19)7-5-13/h4-7,12,15-16H,2-3,8-11H2,1H3,(H,20,22). The molecule has 1 heterocycles. The van der Waals surface area contributed by atoms with E-state index in [1.54, 1.807) is 12.1 Å². The van der Waals surface area contributed by atoms with Gasteiger partial charge in [-0.15, -0.1) is 0 Å². The van der Waals surface area contributed by atoms with Gasteiger partial charge in [0.1, 0.15) is 5.82 Å². The van der Waals surface area contributed by atoms with Crippen LogP contribution in [0.2, 0.25) is 0 Å². The van der Waals surface area contributed by atoms with E-state index in [4.69, 9.17) is 0 Å². The highest BCUT2D eigenvalue weighted by Gasteiger charge is 2.49. The molecule has 1 aromatic carbocycles. The summed E-state index contributed by atoms with van der Waals surface area (Å²) in [4.78, 5) is 26.5. The van der Waals surface area contributed by atoms with Crippen molar-refractivity contribution in [2.75, 3.05) is 13.1 Å². The molecular formula is C18H23FN2O2. The van der Waals surface area contributed by atoms with Gasteiger partial charge < -0.3 is 10.2 Å². The van der Waals surface area contributed by atoms with Crippen LogP contribution in [0.5, 0.6) is 0 Å². The Hall–Kier alpha value is -1.91. The normalized spacial score (nSPS) is 26.7. The van der Waals surface area contributed by atoms with E-state index in [9.17, 15) is 14.0 Å². The molecule has 3 atom stereocenters.